The summed E-state index contributed by atoms with van der Waals surface area (Å²) in [6.45, 7) is 0.463. The molecule has 2 aromatic heterocycles. The number of furan rings is 2. The lowest BCUT2D eigenvalue weighted by Gasteiger charge is -2.09. The summed E-state index contributed by atoms with van der Waals surface area (Å²) in [5.74, 6) is 0.227. The lowest BCUT2D eigenvalue weighted by Crippen LogP contribution is -2.28. The van der Waals surface area contributed by atoms with E-state index in [4.69, 9.17) is 8.83 Å². The molecule has 0 spiro atoms. The van der Waals surface area contributed by atoms with Gasteiger partial charge in [0.15, 0.2) is 5.76 Å². The first-order valence-electron chi connectivity index (χ1n) is 8.89. The van der Waals surface area contributed by atoms with E-state index in [9.17, 15) is 14.4 Å². The molecule has 0 fully saturated rings. The minimum atomic E-state index is -0.372. The van der Waals surface area contributed by atoms with Crippen molar-refractivity contribution in [3.63, 3.8) is 0 Å². The molecule has 29 heavy (non-hydrogen) atoms. The largest absolute Gasteiger partial charge is 0.467 e. The molecule has 0 aliphatic heterocycles. The van der Waals surface area contributed by atoms with Crippen molar-refractivity contribution in [3.05, 3.63) is 72.6 Å². The van der Waals surface area contributed by atoms with E-state index < -0.39 is 0 Å². The van der Waals surface area contributed by atoms with Crippen LogP contribution < -0.4 is 21.3 Å². The van der Waals surface area contributed by atoms with Gasteiger partial charge in [0.05, 0.1) is 19.1 Å². The molecule has 4 N–H and O–H groups in total. The summed E-state index contributed by atoms with van der Waals surface area (Å²) in [5.41, 5.74) is 1.15. The van der Waals surface area contributed by atoms with Gasteiger partial charge in [-0.2, -0.15) is 0 Å². The van der Waals surface area contributed by atoms with Crippen molar-refractivity contribution in [1.82, 2.24) is 10.6 Å². The lowest BCUT2D eigenvalue weighted by molar-refractivity contribution is -0.116. The number of rotatable bonds is 8. The Bertz CT molecular complexity index is 934. The van der Waals surface area contributed by atoms with Crippen molar-refractivity contribution in [2.45, 2.75) is 13.0 Å². The Labute approximate surface area is 166 Å². The zero-order chi connectivity index (χ0) is 20.5. The van der Waals surface area contributed by atoms with Crippen LogP contribution in [0.25, 0.3) is 0 Å². The Kier molecular flexibility index (Phi) is 6.66. The molecule has 0 saturated heterocycles. The van der Waals surface area contributed by atoms with Crippen molar-refractivity contribution in [2.24, 2.45) is 0 Å². The Hall–Kier alpha value is -4.01. The smallest absolute Gasteiger partial charge is 0.319 e. The van der Waals surface area contributed by atoms with Crippen molar-refractivity contribution >= 4 is 29.2 Å². The van der Waals surface area contributed by atoms with Crippen LogP contribution in [0.15, 0.2) is 69.9 Å². The second-order valence-corrected chi connectivity index (χ2v) is 6.00. The predicted octanol–water partition coefficient (Wildman–Crippen LogP) is 2.95. The molecule has 0 aliphatic rings. The normalized spacial score (nSPS) is 10.2. The number of benzene rings is 1. The summed E-state index contributed by atoms with van der Waals surface area (Å²) in [7, 11) is 0. The van der Waals surface area contributed by atoms with Crippen molar-refractivity contribution < 1.29 is 23.2 Å². The first kappa shape index (κ1) is 19.7. The molecule has 9 heteroatoms. The van der Waals surface area contributed by atoms with Gasteiger partial charge < -0.3 is 30.1 Å². The Morgan fingerprint density at radius 3 is 2.14 bits per heavy atom. The van der Waals surface area contributed by atoms with Gasteiger partial charge in [-0.3, -0.25) is 9.59 Å². The SMILES string of the molecule is O=C(CCNC(=O)c1ccco1)Nc1ccc(NC(=O)NCc2ccco2)cc1. The Morgan fingerprint density at radius 1 is 0.793 bits per heavy atom. The maximum Gasteiger partial charge on any atom is 0.319 e. The molecular formula is C20H20N4O5. The molecule has 3 aromatic rings. The summed E-state index contributed by atoms with van der Waals surface area (Å²) in [6, 6.07) is 13.0. The molecular weight excluding hydrogens is 376 g/mol. The van der Waals surface area contributed by atoms with E-state index in [0.29, 0.717) is 17.1 Å². The summed E-state index contributed by atoms with van der Waals surface area (Å²) < 4.78 is 10.1. The molecule has 0 atom stereocenters. The average Bonchev–Trinajstić information content (AvgIpc) is 3.42. The van der Waals surface area contributed by atoms with Crippen molar-refractivity contribution in [1.29, 1.82) is 0 Å². The Balaban J connectivity index is 1.37. The zero-order valence-electron chi connectivity index (χ0n) is 15.4. The quantitative estimate of drug-likeness (QED) is 0.466. The van der Waals surface area contributed by atoms with E-state index in [0.717, 1.165) is 0 Å². The fourth-order valence-electron chi connectivity index (χ4n) is 2.40. The molecule has 0 bridgehead atoms. The van der Waals surface area contributed by atoms with Crippen molar-refractivity contribution in [2.75, 3.05) is 17.2 Å². The summed E-state index contributed by atoms with van der Waals surface area (Å²) >= 11 is 0. The third-order valence-corrected chi connectivity index (χ3v) is 3.81. The first-order valence-corrected chi connectivity index (χ1v) is 8.89. The highest BCUT2D eigenvalue weighted by molar-refractivity contribution is 5.94. The molecule has 0 aliphatic carbocycles. The van der Waals surface area contributed by atoms with Crippen LogP contribution in [0.2, 0.25) is 0 Å². The molecule has 4 amide bonds. The van der Waals surface area contributed by atoms with Crippen LogP contribution in [0.1, 0.15) is 22.7 Å². The highest BCUT2D eigenvalue weighted by atomic mass is 16.3. The van der Waals surface area contributed by atoms with Gasteiger partial charge in [-0.15, -0.1) is 0 Å². The number of carbonyl (C=O) groups excluding carboxylic acids is 3. The molecule has 9 nitrogen and oxygen atoms in total. The van der Waals surface area contributed by atoms with Gasteiger partial charge in [-0.1, -0.05) is 0 Å². The zero-order valence-corrected chi connectivity index (χ0v) is 15.4. The summed E-state index contributed by atoms with van der Waals surface area (Å²) in [6.07, 6.45) is 3.06. The fraction of sp³-hybridized carbons (Fsp3) is 0.150. The number of hydrogen-bond acceptors (Lipinski definition) is 5. The van der Waals surface area contributed by atoms with Crippen LogP contribution in [0, 0.1) is 0 Å². The van der Waals surface area contributed by atoms with Gasteiger partial charge in [0.1, 0.15) is 5.76 Å². The molecule has 0 radical (unpaired) electrons. The standard InChI is InChI=1S/C20H20N4O5/c25-18(9-10-21-19(26)17-4-2-12-29-17)23-14-5-7-15(8-6-14)24-20(27)22-13-16-3-1-11-28-16/h1-8,11-12H,9-10,13H2,(H,21,26)(H,23,25)(H2,22,24,27). The second kappa shape index (κ2) is 9.79. The maximum atomic E-state index is 12.0. The van der Waals surface area contributed by atoms with E-state index in [1.54, 1.807) is 48.5 Å². The molecule has 3 rings (SSSR count). The number of amides is 4. The van der Waals surface area contributed by atoms with Gasteiger partial charge >= 0.3 is 6.03 Å². The second-order valence-electron chi connectivity index (χ2n) is 6.00. The molecule has 1 aromatic carbocycles. The van der Waals surface area contributed by atoms with Gasteiger partial charge in [-0.05, 0) is 48.5 Å². The number of urea groups is 1. The molecule has 0 saturated carbocycles. The predicted molar refractivity (Wildman–Crippen MR) is 105 cm³/mol. The van der Waals surface area contributed by atoms with Crippen LogP contribution in [0.5, 0.6) is 0 Å². The van der Waals surface area contributed by atoms with Crippen molar-refractivity contribution in [3.8, 4) is 0 Å². The molecule has 150 valence electrons. The number of hydrogen-bond donors (Lipinski definition) is 4. The van der Waals surface area contributed by atoms with Gasteiger partial charge in [-0.25, -0.2) is 4.79 Å². The number of nitrogens with one attached hydrogen (secondary N) is 4. The topological polar surface area (TPSA) is 126 Å². The average molecular weight is 396 g/mol. The highest BCUT2D eigenvalue weighted by Crippen LogP contribution is 2.14. The molecule has 0 unspecified atom stereocenters. The monoisotopic (exact) mass is 396 g/mol. The minimum absolute atomic E-state index is 0.113. The number of anilines is 2. The third-order valence-electron chi connectivity index (χ3n) is 3.81. The Morgan fingerprint density at radius 2 is 1.48 bits per heavy atom. The third kappa shape index (κ3) is 6.28. The van der Waals surface area contributed by atoms with Crippen LogP contribution in [-0.4, -0.2) is 24.4 Å². The van der Waals surface area contributed by atoms with E-state index in [-0.39, 0.29) is 43.1 Å². The van der Waals surface area contributed by atoms with Gasteiger partial charge in [0, 0.05) is 24.3 Å². The van der Waals surface area contributed by atoms with E-state index >= 15 is 0 Å². The lowest BCUT2D eigenvalue weighted by atomic mass is 10.2. The van der Waals surface area contributed by atoms with Crippen LogP contribution in [0.4, 0.5) is 16.2 Å². The van der Waals surface area contributed by atoms with Crippen LogP contribution >= 0.6 is 0 Å². The van der Waals surface area contributed by atoms with E-state index in [1.807, 2.05) is 0 Å². The van der Waals surface area contributed by atoms with Gasteiger partial charge in [0.25, 0.3) is 5.91 Å². The minimum Gasteiger partial charge on any atom is -0.467 e. The summed E-state index contributed by atoms with van der Waals surface area (Å²) in [5, 5.41) is 10.7. The first-order chi connectivity index (χ1) is 14.1. The maximum absolute atomic E-state index is 12.0. The summed E-state index contributed by atoms with van der Waals surface area (Å²) in [4.78, 5) is 35.5. The van der Waals surface area contributed by atoms with Crippen LogP contribution in [-0.2, 0) is 11.3 Å². The van der Waals surface area contributed by atoms with Gasteiger partial charge in [0.2, 0.25) is 5.91 Å². The highest BCUT2D eigenvalue weighted by Gasteiger charge is 2.09. The van der Waals surface area contributed by atoms with Crippen LogP contribution in [0.3, 0.4) is 0 Å². The molecule has 2 heterocycles. The number of carbonyl (C=O) groups is 3. The fourth-order valence-corrected chi connectivity index (χ4v) is 2.40. The van der Waals surface area contributed by atoms with E-state index in [2.05, 4.69) is 21.3 Å². The van der Waals surface area contributed by atoms with E-state index in [1.165, 1.54) is 12.5 Å².